The van der Waals surface area contributed by atoms with Gasteiger partial charge in [-0.1, -0.05) is 0 Å². The highest BCUT2D eigenvalue weighted by Crippen LogP contribution is 2.20. The summed E-state index contributed by atoms with van der Waals surface area (Å²) in [6.07, 6.45) is 1.91. The van der Waals surface area contributed by atoms with E-state index in [1.165, 1.54) is 0 Å². The fourth-order valence-corrected chi connectivity index (χ4v) is 3.83. The molecule has 2 aliphatic heterocycles. The highest BCUT2D eigenvalue weighted by Gasteiger charge is 2.37. The van der Waals surface area contributed by atoms with Crippen molar-refractivity contribution in [3.8, 4) is 0 Å². The third kappa shape index (κ3) is 2.57. The van der Waals surface area contributed by atoms with Gasteiger partial charge in [0.25, 0.3) is 0 Å². The largest absolute Gasteiger partial charge is 0.343 e. The van der Waals surface area contributed by atoms with E-state index in [-0.39, 0.29) is 11.9 Å². The van der Waals surface area contributed by atoms with E-state index < -0.39 is 0 Å². The van der Waals surface area contributed by atoms with Crippen LogP contribution < -0.4 is 0 Å². The average Bonchev–Trinajstić information content (AvgIpc) is 2.94. The fourth-order valence-electron chi connectivity index (χ4n) is 3.83. The zero-order valence-corrected chi connectivity index (χ0v) is 14.6. The van der Waals surface area contributed by atoms with Crippen molar-refractivity contribution in [2.45, 2.75) is 26.4 Å². The van der Waals surface area contributed by atoms with Crippen LogP contribution in [0.4, 0.5) is 0 Å². The minimum Gasteiger partial charge on any atom is -0.343 e. The molecule has 4 rings (SSSR count). The molecule has 1 atom stereocenters. The summed E-state index contributed by atoms with van der Waals surface area (Å²) in [6.45, 7) is 9.40. The summed E-state index contributed by atoms with van der Waals surface area (Å²) in [4.78, 5) is 23.6. The number of amides is 1. The summed E-state index contributed by atoms with van der Waals surface area (Å²) in [5.74, 6) is 0.246. The third-order valence-corrected chi connectivity index (χ3v) is 5.20. The zero-order valence-electron chi connectivity index (χ0n) is 14.6. The topological polar surface area (TPSA) is 57.0 Å². The lowest BCUT2D eigenvalue weighted by atomic mass is 10.1. The van der Waals surface area contributed by atoms with Gasteiger partial charge in [-0.15, -0.1) is 0 Å². The fraction of sp³-hybridized carbons (Fsp3) is 0.588. The molecule has 0 aliphatic carbocycles. The first kappa shape index (κ1) is 15.5. The van der Waals surface area contributed by atoms with Crippen LogP contribution in [0.2, 0.25) is 0 Å². The van der Waals surface area contributed by atoms with Crippen LogP contribution in [0, 0.1) is 13.8 Å². The maximum Gasteiger partial charge on any atom is 0.241 e. The monoisotopic (exact) mass is 328 g/mol. The van der Waals surface area contributed by atoms with Crippen LogP contribution >= 0.6 is 0 Å². The molecular formula is C17H24N6O. The Morgan fingerprint density at radius 1 is 1.21 bits per heavy atom. The van der Waals surface area contributed by atoms with E-state index in [0.29, 0.717) is 0 Å². The molecule has 7 heteroatoms. The van der Waals surface area contributed by atoms with Crippen LogP contribution in [0.15, 0.2) is 12.3 Å². The molecule has 2 aromatic rings. The molecule has 0 bridgehead atoms. The van der Waals surface area contributed by atoms with Gasteiger partial charge in [0.05, 0.1) is 6.20 Å². The number of aryl methyl sites for hydroxylation is 2. The first-order chi connectivity index (χ1) is 11.5. The minimum absolute atomic E-state index is 0.00392. The molecule has 2 aromatic heterocycles. The Balaban J connectivity index is 1.55. The van der Waals surface area contributed by atoms with Gasteiger partial charge in [-0.25, -0.2) is 9.50 Å². The summed E-state index contributed by atoms with van der Waals surface area (Å²) in [7, 11) is 1.90. The van der Waals surface area contributed by atoms with Crippen molar-refractivity contribution in [2.75, 3.05) is 39.8 Å². The number of aromatic nitrogens is 3. The van der Waals surface area contributed by atoms with E-state index >= 15 is 0 Å². The average molecular weight is 328 g/mol. The Kier molecular flexibility index (Phi) is 3.77. The first-order valence-electron chi connectivity index (χ1n) is 8.55. The van der Waals surface area contributed by atoms with E-state index in [1.807, 2.05) is 42.6 Å². The smallest absolute Gasteiger partial charge is 0.241 e. The number of likely N-dealkylation sites (N-methyl/N-ethyl adjacent to an activating group) is 1. The SMILES string of the molecule is Cc1cc(C)n2ncc(CN3CCN4CCN(C)C(=O)[C@@H]4C3)c2n1. The second kappa shape index (κ2) is 5.82. The van der Waals surface area contributed by atoms with E-state index in [9.17, 15) is 4.79 Å². The van der Waals surface area contributed by atoms with Gasteiger partial charge in [-0.3, -0.25) is 14.6 Å². The molecule has 0 N–H and O–H groups in total. The molecule has 24 heavy (non-hydrogen) atoms. The molecule has 2 aliphatic rings. The number of nitrogens with zero attached hydrogens (tertiary/aromatic N) is 6. The van der Waals surface area contributed by atoms with Crippen LogP contribution in [0.1, 0.15) is 17.0 Å². The van der Waals surface area contributed by atoms with Crippen molar-refractivity contribution in [1.29, 1.82) is 0 Å². The van der Waals surface area contributed by atoms with Gasteiger partial charge in [0.2, 0.25) is 5.91 Å². The number of fused-ring (bicyclic) bond motifs is 2. The van der Waals surface area contributed by atoms with Crippen LogP contribution in [-0.2, 0) is 11.3 Å². The van der Waals surface area contributed by atoms with Gasteiger partial charge < -0.3 is 4.90 Å². The van der Waals surface area contributed by atoms with E-state index in [2.05, 4.69) is 19.9 Å². The summed E-state index contributed by atoms with van der Waals surface area (Å²) >= 11 is 0. The Morgan fingerprint density at radius 3 is 2.83 bits per heavy atom. The molecule has 2 fully saturated rings. The lowest BCUT2D eigenvalue weighted by molar-refractivity contribution is -0.143. The molecular weight excluding hydrogens is 304 g/mol. The minimum atomic E-state index is -0.00392. The molecule has 128 valence electrons. The standard InChI is InChI=1S/C17H24N6O/c1-12-8-13(2)23-16(19-12)14(9-18-23)10-21-5-7-22-6-4-20(3)17(24)15(22)11-21/h8-9,15H,4-7,10-11H2,1-3H3/t15-/m0/s1. The normalized spacial score (nSPS) is 23.0. The van der Waals surface area contributed by atoms with Crippen LogP contribution in [0.3, 0.4) is 0 Å². The molecule has 1 amide bonds. The Labute approximate surface area is 141 Å². The summed E-state index contributed by atoms with van der Waals surface area (Å²) in [5, 5.41) is 4.48. The van der Waals surface area contributed by atoms with Crippen molar-refractivity contribution in [3.63, 3.8) is 0 Å². The predicted molar refractivity (Wildman–Crippen MR) is 90.7 cm³/mol. The highest BCUT2D eigenvalue weighted by molar-refractivity contribution is 5.82. The van der Waals surface area contributed by atoms with Crippen molar-refractivity contribution in [1.82, 2.24) is 29.3 Å². The number of piperazine rings is 2. The number of rotatable bonds is 2. The maximum atomic E-state index is 12.4. The van der Waals surface area contributed by atoms with Gasteiger partial charge in [0.1, 0.15) is 6.04 Å². The molecule has 0 aromatic carbocycles. The Hall–Kier alpha value is -1.99. The summed E-state index contributed by atoms with van der Waals surface area (Å²) in [5.41, 5.74) is 4.17. The van der Waals surface area contributed by atoms with Gasteiger partial charge in [-0.05, 0) is 19.9 Å². The number of hydrogen-bond donors (Lipinski definition) is 0. The molecule has 2 saturated heterocycles. The maximum absolute atomic E-state index is 12.4. The quantitative estimate of drug-likeness (QED) is 0.794. The van der Waals surface area contributed by atoms with Crippen molar-refractivity contribution >= 4 is 11.6 Å². The van der Waals surface area contributed by atoms with Crippen LogP contribution in [0.25, 0.3) is 5.65 Å². The van der Waals surface area contributed by atoms with E-state index in [1.54, 1.807) is 0 Å². The number of carbonyl (C=O) groups excluding carboxylic acids is 1. The number of hydrogen-bond acceptors (Lipinski definition) is 5. The lowest BCUT2D eigenvalue weighted by Crippen LogP contribution is -2.63. The molecule has 0 unspecified atom stereocenters. The number of carbonyl (C=O) groups is 1. The van der Waals surface area contributed by atoms with Crippen molar-refractivity contribution < 1.29 is 4.79 Å². The van der Waals surface area contributed by atoms with Crippen molar-refractivity contribution in [3.05, 3.63) is 29.2 Å². The van der Waals surface area contributed by atoms with Crippen LogP contribution in [0.5, 0.6) is 0 Å². The summed E-state index contributed by atoms with van der Waals surface area (Å²) in [6, 6.07) is 2.04. The van der Waals surface area contributed by atoms with Gasteiger partial charge in [0, 0.05) is 63.3 Å². The predicted octanol–water partition coefficient (Wildman–Crippen LogP) is 0.304. The van der Waals surface area contributed by atoms with Gasteiger partial charge in [-0.2, -0.15) is 5.10 Å². The van der Waals surface area contributed by atoms with Crippen LogP contribution in [-0.4, -0.2) is 81.0 Å². The lowest BCUT2D eigenvalue weighted by Gasteiger charge is -2.45. The second-order valence-electron chi connectivity index (χ2n) is 6.99. The first-order valence-corrected chi connectivity index (χ1v) is 8.55. The molecule has 7 nitrogen and oxygen atoms in total. The third-order valence-electron chi connectivity index (χ3n) is 5.20. The Bertz CT molecular complexity index is 785. The molecule has 0 spiro atoms. The van der Waals surface area contributed by atoms with Crippen molar-refractivity contribution in [2.24, 2.45) is 0 Å². The second-order valence-corrected chi connectivity index (χ2v) is 6.99. The van der Waals surface area contributed by atoms with E-state index in [4.69, 9.17) is 0 Å². The highest BCUT2D eigenvalue weighted by atomic mass is 16.2. The zero-order chi connectivity index (χ0) is 16.8. The molecule has 0 radical (unpaired) electrons. The van der Waals surface area contributed by atoms with E-state index in [0.717, 1.165) is 61.9 Å². The molecule has 4 heterocycles. The van der Waals surface area contributed by atoms with Gasteiger partial charge >= 0.3 is 0 Å². The molecule has 0 saturated carbocycles. The van der Waals surface area contributed by atoms with Gasteiger partial charge in [0.15, 0.2) is 5.65 Å². The summed E-state index contributed by atoms with van der Waals surface area (Å²) < 4.78 is 1.90. The Morgan fingerprint density at radius 2 is 2.00 bits per heavy atom.